The van der Waals surface area contributed by atoms with Gasteiger partial charge in [-0.1, -0.05) is 0 Å². The maximum absolute atomic E-state index is 12.9. The molecule has 1 atom stereocenters. The van der Waals surface area contributed by atoms with Crippen LogP contribution in [0.5, 0.6) is 5.75 Å². The van der Waals surface area contributed by atoms with Crippen LogP contribution in [0.1, 0.15) is 24.3 Å². The molecule has 0 bridgehead atoms. The van der Waals surface area contributed by atoms with Crippen molar-refractivity contribution in [2.75, 3.05) is 18.9 Å². The van der Waals surface area contributed by atoms with E-state index in [1.54, 1.807) is 0 Å². The number of rotatable bonds is 4. The van der Waals surface area contributed by atoms with E-state index in [2.05, 4.69) is 10.2 Å². The topological polar surface area (TPSA) is 89.9 Å². The van der Waals surface area contributed by atoms with E-state index in [-0.39, 0.29) is 0 Å². The average Bonchev–Trinajstić information content (AvgIpc) is 2.48. The summed E-state index contributed by atoms with van der Waals surface area (Å²) in [5.74, 6) is -2.22. The SMILES string of the molecule is CC(=O)OCOc1c2n(ccc1=O)NCN([C@H](C)C(F)(F)F)C2=O. The zero-order valence-corrected chi connectivity index (χ0v) is 12.7. The van der Waals surface area contributed by atoms with E-state index in [9.17, 15) is 27.6 Å². The standard InChI is InChI=1S/C13H14F3N3O5/c1-7(13(14,15)16)18-5-17-19-4-3-9(21)11(10(19)12(18)22)24-6-23-8(2)20/h3-4,7,17H,5-6H2,1-2H3/t7-/m1/s1. The van der Waals surface area contributed by atoms with Crippen molar-refractivity contribution in [2.45, 2.75) is 26.1 Å². The first-order valence-electron chi connectivity index (χ1n) is 6.76. The molecule has 0 radical (unpaired) electrons. The number of ether oxygens (including phenoxy) is 2. The molecule has 0 aliphatic carbocycles. The van der Waals surface area contributed by atoms with Gasteiger partial charge in [-0.15, -0.1) is 0 Å². The molecule has 2 rings (SSSR count). The van der Waals surface area contributed by atoms with Crippen LogP contribution in [-0.4, -0.2) is 47.1 Å². The summed E-state index contributed by atoms with van der Waals surface area (Å²) in [5, 5.41) is 0. The second kappa shape index (κ2) is 6.42. The van der Waals surface area contributed by atoms with E-state index in [0.29, 0.717) is 4.90 Å². The van der Waals surface area contributed by atoms with Gasteiger partial charge in [-0.25, -0.2) is 0 Å². The van der Waals surface area contributed by atoms with Crippen molar-refractivity contribution in [1.82, 2.24) is 9.58 Å². The maximum atomic E-state index is 12.9. The van der Waals surface area contributed by atoms with Crippen LogP contribution in [0.2, 0.25) is 0 Å². The van der Waals surface area contributed by atoms with Gasteiger partial charge in [0.15, 0.2) is 5.69 Å². The van der Waals surface area contributed by atoms with Crippen molar-refractivity contribution in [3.63, 3.8) is 0 Å². The fourth-order valence-electron chi connectivity index (χ4n) is 2.01. The number of aromatic nitrogens is 1. The van der Waals surface area contributed by atoms with Gasteiger partial charge in [-0.2, -0.15) is 13.2 Å². The van der Waals surface area contributed by atoms with Gasteiger partial charge in [0.05, 0.1) is 0 Å². The lowest BCUT2D eigenvalue weighted by molar-refractivity contribution is -0.172. The fraction of sp³-hybridized carbons (Fsp3) is 0.462. The molecule has 1 amide bonds. The Morgan fingerprint density at radius 1 is 1.42 bits per heavy atom. The number of hydrogen-bond acceptors (Lipinski definition) is 6. The first-order valence-corrected chi connectivity index (χ1v) is 6.76. The summed E-state index contributed by atoms with van der Waals surface area (Å²) in [4.78, 5) is 35.5. The summed E-state index contributed by atoms with van der Waals surface area (Å²) in [7, 11) is 0. The molecule has 24 heavy (non-hydrogen) atoms. The normalized spacial score (nSPS) is 15.4. The van der Waals surface area contributed by atoms with Crippen LogP contribution in [0.15, 0.2) is 17.1 Å². The molecule has 0 fully saturated rings. The number of alkyl halides is 3. The maximum Gasteiger partial charge on any atom is 0.408 e. The number of nitrogens with one attached hydrogen (secondary N) is 1. The van der Waals surface area contributed by atoms with E-state index in [4.69, 9.17) is 4.74 Å². The highest BCUT2D eigenvalue weighted by Gasteiger charge is 2.44. The van der Waals surface area contributed by atoms with Gasteiger partial charge in [0.1, 0.15) is 12.7 Å². The predicted octanol–water partition coefficient (Wildman–Crippen LogP) is 0.655. The molecule has 0 saturated carbocycles. The molecule has 2 heterocycles. The first-order chi connectivity index (χ1) is 11.1. The Balaban J connectivity index is 2.37. The number of carbonyl (C=O) groups excluding carboxylic acids is 2. The highest BCUT2D eigenvalue weighted by molar-refractivity contribution is 5.96. The third-order valence-corrected chi connectivity index (χ3v) is 3.34. The van der Waals surface area contributed by atoms with Crippen LogP contribution in [0.4, 0.5) is 13.2 Å². The van der Waals surface area contributed by atoms with Crippen molar-refractivity contribution >= 4 is 11.9 Å². The lowest BCUT2D eigenvalue weighted by Crippen LogP contribution is -2.54. The van der Waals surface area contributed by atoms with E-state index in [0.717, 1.165) is 24.6 Å². The highest BCUT2D eigenvalue weighted by Crippen LogP contribution is 2.28. The smallest absolute Gasteiger partial charge is 0.408 e. The largest absolute Gasteiger partial charge is 0.451 e. The second-order valence-corrected chi connectivity index (χ2v) is 4.93. The number of esters is 1. The minimum absolute atomic E-state index is 0.404. The summed E-state index contributed by atoms with van der Waals surface area (Å²) >= 11 is 0. The lowest BCUT2D eigenvalue weighted by atomic mass is 10.2. The second-order valence-electron chi connectivity index (χ2n) is 4.93. The van der Waals surface area contributed by atoms with Gasteiger partial charge < -0.3 is 19.8 Å². The number of hydrogen-bond donors (Lipinski definition) is 1. The molecule has 1 aliphatic rings. The van der Waals surface area contributed by atoms with Crippen molar-refractivity contribution in [2.24, 2.45) is 0 Å². The van der Waals surface area contributed by atoms with Crippen LogP contribution in [0.25, 0.3) is 0 Å². The van der Waals surface area contributed by atoms with Gasteiger partial charge in [-0.3, -0.25) is 19.1 Å². The van der Waals surface area contributed by atoms with Gasteiger partial charge in [0.25, 0.3) is 5.91 Å². The highest BCUT2D eigenvalue weighted by atomic mass is 19.4. The number of halogens is 3. The minimum Gasteiger partial charge on any atom is -0.451 e. The molecule has 1 aromatic rings. The molecule has 0 saturated heterocycles. The van der Waals surface area contributed by atoms with E-state index >= 15 is 0 Å². The molecule has 0 spiro atoms. The van der Waals surface area contributed by atoms with Crippen LogP contribution in [0.3, 0.4) is 0 Å². The van der Waals surface area contributed by atoms with Crippen LogP contribution >= 0.6 is 0 Å². The number of carbonyl (C=O) groups is 2. The van der Waals surface area contributed by atoms with Crippen molar-refractivity contribution in [1.29, 1.82) is 0 Å². The van der Waals surface area contributed by atoms with Crippen LogP contribution in [0, 0.1) is 0 Å². The van der Waals surface area contributed by atoms with E-state index < -0.39 is 54.4 Å². The third kappa shape index (κ3) is 3.44. The summed E-state index contributed by atoms with van der Waals surface area (Å²) in [6, 6.07) is -1.00. The molecule has 1 N–H and O–H groups in total. The first kappa shape index (κ1) is 17.6. The molecule has 1 aromatic heterocycles. The van der Waals surface area contributed by atoms with Gasteiger partial charge >= 0.3 is 12.1 Å². The monoisotopic (exact) mass is 349 g/mol. The van der Waals surface area contributed by atoms with Crippen molar-refractivity contribution < 1.29 is 32.2 Å². The van der Waals surface area contributed by atoms with Crippen LogP contribution < -0.4 is 15.6 Å². The summed E-state index contributed by atoms with van der Waals surface area (Å²) < 4.78 is 49.2. The molecule has 8 nitrogen and oxygen atoms in total. The predicted molar refractivity (Wildman–Crippen MR) is 73.9 cm³/mol. The Morgan fingerprint density at radius 2 is 2.08 bits per heavy atom. The number of pyridine rings is 1. The molecule has 0 aromatic carbocycles. The average molecular weight is 349 g/mol. The Hall–Kier alpha value is -2.72. The molecule has 1 aliphatic heterocycles. The zero-order chi connectivity index (χ0) is 18.1. The quantitative estimate of drug-likeness (QED) is 0.634. The Morgan fingerprint density at radius 3 is 2.67 bits per heavy atom. The fourth-order valence-corrected chi connectivity index (χ4v) is 2.01. The van der Waals surface area contributed by atoms with Gasteiger partial charge in [0.2, 0.25) is 18.0 Å². The van der Waals surface area contributed by atoms with E-state index in [1.165, 1.54) is 6.20 Å². The van der Waals surface area contributed by atoms with Gasteiger partial charge in [-0.05, 0) is 6.92 Å². The third-order valence-electron chi connectivity index (χ3n) is 3.34. The molecule has 132 valence electrons. The van der Waals surface area contributed by atoms with Crippen molar-refractivity contribution in [3.8, 4) is 5.75 Å². The summed E-state index contributed by atoms with van der Waals surface area (Å²) in [5.41, 5.74) is 1.42. The van der Waals surface area contributed by atoms with E-state index in [1.807, 2.05) is 0 Å². The van der Waals surface area contributed by atoms with Crippen molar-refractivity contribution in [3.05, 3.63) is 28.2 Å². The lowest BCUT2D eigenvalue weighted by Gasteiger charge is -2.36. The van der Waals surface area contributed by atoms with Crippen LogP contribution in [-0.2, 0) is 9.53 Å². The Bertz CT molecular complexity index is 716. The Kier molecular flexibility index (Phi) is 4.71. The van der Waals surface area contributed by atoms with Gasteiger partial charge in [0, 0.05) is 19.2 Å². The number of amides is 1. The zero-order valence-electron chi connectivity index (χ0n) is 12.7. The number of nitrogens with zero attached hydrogens (tertiary/aromatic N) is 2. The number of fused-ring (bicyclic) bond motifs is 1. The molecular formula is C13H14F3N3O5. The minimum atomic E-state index is -4.63. The molecule has 11 heteroatoms. The summed E-state index contributed by atoms with van der Waals surface area (Å²) in [6.07, 6.45) is -3.43. The molecular weight excluding hydrogens is 335 g/mol. The molecule has 0 unspecified atom stereocenters. The summed E-state index contributed by atoms with van der Waals surface area (Å²) in [6.45, 7) is 0.883. The Labute approximate surface area is 133 Å².